The van der Waals surface area contributed by atoms with Crippen LogP contribution in [0.5, 0.6) is 0 Å². The molecule has 2 heterocycles. The number of likely N-dealkylation sites (tertiary alicyclic amines) is 1. The number of allylic oxidation sites excluding steroid dienone is 1. The minimum Gasteiger partial charge on any atom is -0.375 e. The van der Waals surface area contributed by atoms with Gasteiger partial charge >= 0.3 is 0 Å². The Balaban J connectivity index is 1.54. The molecule has 1 saturated heterocycles. The van der Waals surface area contributed by atoms with E-state index in [9.17, 15) is 0 Å². The SMILES string of the molecule is C=C(CCC(=N)c1c(C)ccnc1C)N1CCCC(Cc2ccccc2)C1. The van der Waals surface area contributed by atoms with Gasteiger partial charge in [-0.05, 0) is 69.1 Å². The number of nitrogens with zero attached hydrogens (tertiary/aromatic N) is 2. The fourth-order valence-corrected chi connectivity index (χ4v) is 4.17. The first kappa shape index (κ1) is 19.3. The van der Waals surface area contributed by atoms with Crippen LogP contribution in [0.1, 0.15) is 48.1 Å². The van der Waals surface area contributed by atoms with Crippen LogP contribution < -0.4 is 0 Å². The fraction of sp³-hybridized carbons (Fsp3) is 0.417. The third-order valence-corrected chi connectivity index (χ3v) is 5.65. The molecule has 1 aliphatic rings. The molecule has 0 aliphatic carbocycles. The molecule has 0 amide bonds. The lowest BCUT2D eigenvalue weighted by Gasteiger charge is -2.36. The summed E-state index contributed by atoms with van der Waals surface area (Å²) in [6, 6.07) is 12.8. The zero-order valence-electron chi connectivity index (χ0n) is 16.7. The van der Waals surface area contributed by atoms with Gasteiger partial charge in [0.05, 0.1) is 0 Å². The summed E-state index contributed by atoms with van der Waals surface area (Å²) in [6.45, 7) is 10.6. The smallest absolute Gasteiger partial charge is 0.0465 e. The second-order valence-corrected chi connectivity index (χ2v) is 7.78. The molecule has 2 aromatic rings. The summed E-state index contributed by atoms with van der Waals surface area (Å²) in [4.78, 5) is 6.81. The molecule has 1 aliphatic heterocycles. The van der Waals surface area contributed by atoms with Crippen LogP contribution in [0.2, 0.25) is 0 Å². The number of aryl methyl sites for hydroxylation is 2. The van der Waals surface area contributed by atoms with Crippen LogP contribution in [0.4, 0.5) is 0 Å². The van der Waals surface area contributed by atoms with Gasteiger partial charge in [0.1, 0.15) is 0 Å². The van der Waals surface area contributed by atoms with Crippen molar-refractivity contribution in [1.29, 1.82) is 5.41 Å². The van der Waals surface area contributed by atoms with Gasteiger partial charge in [-0.15, -0.1) is 0 Å². The molecule has 0 radical (unpaired) electrons. The molecule has 3 heteroatoms. The Morgan fingerprint density at radius 2 is 1.96 bits per heavy atom. The van der Waals surface area contributed by atoms with Crippen LogP contribution in [0.3, 0.4) is 0 Å². The van der Waals surface area contributed by atoms with Gasteiger partial charge in [-0.1, -0.05) is 36.9 Å². The summed E-state index contributed by atoms with van der Waals surface area (Å²) in [5.74, 6) is 0.695. The molecule has 3 nitrogen and oxygen atoms in total. The second-order valence-electron chi connectivity index (χ2n) is 7.78. The van der Waals surface area contributed by atoms with Crippen molar-refractivity contribution in [2.75, 3.05) is 13.1 Å². The summed E-state index contributed by atoms with van der Waals surface area (Å²) in [5.41, 5.74) is 6.38. The first-order chi connectivity index (χ1) is 13.0. The van der Waals surface area contributed by atoms with Crippen LogP contribution in [0.25, 0.3) is 0 Å². The number of hydrogen-bond acceptors (Lipinski definition) is 3. The highest BCUT2D eigenvalue weighted by Gasteiger charge is 2.21. The van der Waals surface area contributed by atoms with Gasteiger partial charge in [0.25, 0.3) is 0 Å². The monoisotopic (exact) mass is 361 g/mol. The minimum absolute atomic E-state index is 0.678. The summed E-state index contributed by atoms with van der Waals surface area (Å²) in [7, 11) is 0. The maximum atomic E-state index is 8.51. The first-order valence-electron chi connectivity index (χ1n) is 10.0. The summed E-state index contributed by atoms with van der Waals surface area (Å²) >= 11 is 0. The number of nitrogens with one attached hydrogen (secondary N) is 1. The van der Waals surface area contributed by atoms with E-state index in [1.165, 1.54) is 24.1 Å². The molecule has 142 valence electrons. The first-order valence-corrected chi connectivity index (χ1v) is 10.0. The van der Waals surface area contributed by atoms with E-state index in [0.29, 0.717) is 11.6 Å². The Hall–Kier alpha value is -2.42. The van der Waals surface area contributed by atoms with E-state index in [1.807, 2.05) is 19.2 Å². The van der Waals surface area contributed by atoms with Crippen molar-refractivity contribution in [2.24, 2.45) is 5.92 Å². The second kappa shape index (κ2) is 8.98. The molecule has 0 spiro atoms. The molecule has 27 heavy (non-hydrogen) atoms. The van der Waals surface area contributed by atoms with Gasteiger partial charge in [-0.3, -0.25) is 4.98 Å². The molecule has 1 aromatic heterocycles. The molecule has 3 rings (SSSR count). The van der Waals surface area contributed by atoms with Crippen molar-refractivity contribution < 1.29 is 0 Å². The average molecular weight is 362 g/mol. The number of rotatable bonds is 7. The zero-order valence-corrected chi connectivity index (χ0v) is 16.7. The third-order valence-electron chi connectivity index (χ3n) is 5.65. The Kier molecular flexibility index (Phi) is 6.44. The van der Waals surface area contributed by atoms with Crippen LogP contribution >= 0.6 is 0 Å². The van der Waals surface area contributed by atoms with Crippen LogP contribution in [-0.2, 0) is 6.42 Å². The lowest BCUT2D eigenvalue weighted by Crippen LogP contribution is -2.35. The molecule has 1 aromatic carbocycles. The Morgan fingerprint density at radius 1 is 1.19 bits per heavy atom. The van der Waals surface area contributed by atoms with E-state index in [1.54, 1.807) is 0 Å². The molecule has 1 unspecified atom stereocenters. The minimum atomic E-state index is 0.678. The quantitative estimate of drug-likeness (QED) is 0.678. The van der Waals surface area contributed by atoms with Crippen molar-refractivity contribution in [2.45, 2.75) is 46.0 Å². The van der Waals surface area contributed by atoms with Gasteiger partial charge in [0, 0.05) is 42.0 Å². The highest BCUT2D eigenvalue weighted by atomic mass is 15.1. The van der Waals surface area contributed by atoms with Gasteiger partial charge in [-0.2, -0.15) is 0 Å². The summed E-state index contributed by atoms with van der Waals surface area (Å²) < 4.78 is 0. The lowest BCUT2D eigenvalue weighted by molar-refractivity contribution is 0.212. The largest absolute Gasteiger partial charge is 0.375 e. The Morgan fingerprint density at radius 3 is 2.70 bits per heavy atom. The zero-order chi connectivity index (χ0) is 19.2. The number of piperidine rings is 1. The molecule has 1 fully saturated rings. The highest BCUT2D eigenvalue weighted by molar-refractivity contribution is 6.00. The van der Waals surface area contributed by atoms with Crippen molar-refractivity contribution in [3.8, 4) is 0 Å². The molecule has 1 atom stereocenters. The standard InChI is InChI=1S/C24H31N3/c1-18-13-14-26-20(3)24(18)23(25)12-11-19(2)27-15-7-10-22(17-27)16-21-8-5-4-6-9-21/h4-6,8-9,13-14,22,25H,2,7,10-12,15-17H2,1,3H3. The summed E-state index contributed by atoms with van der Waals surface area (Å²) in [6.07, 6.45) is 7.07. The number of hydrogen-bond donors (Lipinski definition) is 1. The van der Waals surface area contributed by atoms with E-state index in [0.717, 1.165) is 49.2 Å². The number of pyridine rings is 1. The number of benzene rings is 1. The molecule has 0 saturated carbocycles. The maximum absolute atomic E-state index is 8.51. The van der Waals surface area contributed by atoms with E-state index >= 15 is 0 Å². The highest BCUT2D eigenvalue weighted by Crippen LogP contribution is 2.25. The van der Waals surface area contributed by atoms with Gasteiger partial charge < -0.3 is 10.3 Å². The maximum Gasteiger partial charge on any atom is 0.0465 e. The summed E-state index contributed by atoms with van der Waals surface area (Å²) in [5, 5.41) is 8.51. The fourth-order valence-electron chi connectivity index (χ4n) is 4.17. The van der Waals surface area contributed by atoms with Crippen molar-refractivity contribution in [1.82, 2.24) is 9.88 Å². The normalized spacial score (nSPS) is 17.0. The van der Waals surface area contributed by atoms with Crippen molar-refractivity contribution >= 4 is 5.71 Å². The van der Waals surface area contributed by atoms with Crippen molar-refractivity contribution in [3.63, 3.8) is 0 Å². The van der Waals surface area contributed by atoms with Gasteiger partial charge in [0.2, 0.25) is 0 Å². The number of aromatic nitrogens is 1. The molecular weight excluding hydrogens is 330 g/mol. The van der Waals surface area contributed by atoms with E-state index in [-0.39, 0.29) is 0 Å². The Bertz CT molecular complexity index is 774. The van der Waals surface area contributed by atoms with E-state index in [4.69, 9.17) is 5.41 Å². The molecule has 0 bridgehead atoms. The Labute approximate surface area is 163 Å². The third kappa shape index (κ3) is 5.06. The topological polar surface area (TPSA) is 40.0 Å². The molecule has 1 N–H and O–H groups in total. The molecular formula is C24H31N3. The van der Waals surface area contributed by atoms with Crippen LogP contribution in [0.15, 0.2) is 54.9 Å². The predicted molar refractivity (Wildman–Crippen MR) is 113 cm³/mol. The predicted octanol–water partition coefficient (Wildman–Crippen LogP) is 5.31. The van der Waals surface area contributed by atoms with Crippen LogP contribution in [0, 0.1) is 25.2 Å². The van der Waals surface area contributed by atoms with E-state index < -0.39 is 0 Å². The van der Waals surface area contributed by atoms with Gasteiger partial charge in [0.15, 0.2) is 0 Å². The van der Waals surface area contributed by atoms with E-state index in [2.05, 4.69) is 53.7 Å². The van der Waals surface area contributed by atoms with Gasteiger partial charge in [-0.25, -0.2) is 0 Å². The average Bonchev–Trinajstić information content (AvgIpc) is 2.67. The van der Waals surface area contributed by atoms with Crippen LogP contribution in [-0.4, -0.2) is 28.7 Å². The lowest BCUT2D eigenvalue weighted by atomic mass is 9.90. The van der Waals surface area contributed by atoms with Crippen molar-refractivity contribution in [3.05, 3.63) is 77.3 Å².